The fourth-order valence-corrected chi connectivity index (χ4v) is 2.82. The molecule has 0 atom stereocenters. The molecule has 0 bridgehead atoms. The zero-order chi connectivity index (χ0) is 19.3. The summed E-state index contributed by atoms with van der Waals surface area (Å²) in [5.41, 5.74) is 3.53. The highest BCUT2D eigenvalue weighted by Crippen LogP contribution is 2.22. The summed E-state index contributed by atoms with van der Waals surface area (Å²) in [5, 5.41) is 0. The lowest BCUT2D eigenvalue weighted by Crippen LogP contribution is -2.11. The van der Waals surface area contributed by atoms with Crippen LogP contribution in [0.4, 0.5) is 0 Å². The maximum Gasteiger partial charge on any atom is 0.347 e. The molecule has 4 rings (SSSR count). The summed E-state index contributed by atoms with van der Waals surface area (Å²) in [5.74, 6) is 0.458. The Bertz CT molecular complexity index is 1130. The monoisotopic (exact) mass is 370 g/mol. The number of aromatic nitrogens is 2. The average molecular weight is 370 g/mol. The third-order valence-electron chi connectivity index (χ3n) is 4.27. The van der Waals surface area contributed by atoms with Gasteiger partial charge in [0, 0.05) is 0 Å². The molecule has 0 unspecified atom stereocenters. The minimum atomic E-state index is -0.469. The van der Waals surface area contributed by atoms with Gasteiger partial charge in [-0.15, -0.1) is 0 Å². The van der Waals surface area contributed by atoms with Crippen molar-refractivity contribution >= 4 is 17.0 Å². The predicted octanol–water partition coefficient (Wildman–Crippen LogP) is 4.74. The number of rotatable bonds is 5. The molecule has 0 aliphatic rings. The molecular weight excluding hydrogens is 352 g/mol. The van der Waals surface area contributed by atoms with E-state index in [0.717, 1.165) is 22.4 Å². The third kappa shape index (κ3) is 3.83. The van der Waals surface area contributed by atoms with Crippen LogP contribution in [0.15, 0.2) is 78.9 Å². The van der Waals surface area contributed by atoms with Gasteiger partial charge < -0.3 is 9.47 Å². The van der Waals surface area contributed by atoms with Crippen LogP contribution in [0.1, 0.15) is 21.7 Å². The van der Waals surface area contributed by atoms with Gasteiger partial charge in [-0.3, -0.25) is 0 Å². The number of ether oxygens (including phenoxy) is 2. The smallest absolute Gasteiger partial charge is 0.347 e. The molecule has 0 N–H and O–H groups in total. The van der Waals surface area contributed by atoms with E-state index in [0.29, 0.717) is 17.1 Å². The van der Waals surface area contributed by atoms with Crippen molar-refractivity contribution in [3.63, 3.8) is 0 Å². The van der Waals surface area contributed by atoms with E-state index < -0.39 is 5.97 Å². The number of nitrogens with zero attached hydrogens (tertiary/aromatic N) is 2. The van der Waals surface area contributed by atoms with E-state index in [1.807, 2.05) is 55.5 Å². The van der Waals surface area contributed by atoms with E-state index in [2.05, 4.69) is 9.97 Å². The number of esters is 1. The molecule has 0 saturated heterocycles. The molecule has 28 heavy (non-hydrogen) atoms. The fourth-order valence-electron chi connectivity index (χ4n) is 2.82. The number of aryl methyl sites for hydroxylation is 1. The highest BCUT2D eigenvalue weighted by atomic mass is 16.5. The van der Waals surface area contributed by atoms with E-state index in [-0.39, 0.29) is 6.61 Å². The Labute approximate surface area is 162 Å². The molecule has 1 heterocycles. The van der Waals surface area contributed by atoms with E-state index in [4.69, 9.17) is 9.47 Å². The predicted molar refractivity (Wildman–Crippen MR) is 106 cm³/mol. The lowest BCUT2D eigenvalue weighted by molar-refractivity contribution is 0.0729. The SMILES string of the molecule is Cc1nc2ccccc2nc1COc1ccccc1C(=O)Oc1ccccc1. The Morgan fingerprint density at radius 2 is 1.46 bits per heavy atom. The summed E-state index contributed by atoms with van der Waals surface area (Å²) in [6.45, 7) is 2.10. The van der Waals surface area contributed by atoms with Gasteiger partial charge in [0.2, 0.25) is 0 Å². The maximum absolute atomic E-state index is 12.6. The number of hydrogen-bond donors (Lipinski definition) is 0. The van der Waals surface area contributed by atoms with Gasteiger partial charge in [-0.2, -0.15) is 0 Å². The first-order valence-electron chi connectivity index (χ1n) is 8.92. The summed E-state index contributed by atoms with van der Waals surface area (Å²) >= 11 is 0. The first kappa shape index (κ1) is 17.7. The fraction of sp³-hybridized carbons (Fsp3) is 0.0870. The summed E-state index contributed by atoms with van der Waals surface area (Å²) in [7, 11) is 0. The molecule has 3 aromatic carbocycles. The van der Waals surface area contributed by atoms with Crippen LogP contribution in [-0.4, -0.2) is 15.9 Å². The summed E-state index contributed by atoms with van der Waals surface area (Å²) < 4.78 is 11.3. The van der Waals surface area contributed by atoms with Crippen molar-refractivity contribution in [2.45, 2.75) is 13.5 Å². The second-order valence-corrected chi connectivity index (χ2v) is 6.23. The largest absolute Gasteiger partial charge is 0.486 e. The number of carbonyl (C=O) groups excluding carboxylic acids is 1. The average Bonchev–Trinajstić information content (AvgIpc) is 2.73. The minimum absolute atomic E-state index is 0.208. The van der Waals surface area contributed by atoms with Crippen molar-refractivity contribution < 1.29 is 14.3 Å². The molecular formula is C23H18N2O3. The maximum atomic E-state index is 12.6. The number of para-hydroxylation sites is 4. The number of benzene rings is 3. The van der Waals surface area contributed by atoms with Crippen LogP contribution >= 0.6 is 0 Å². The summed E-state index contributed by atoms with van der Waals surface area (Å²) in [6, 6.07) is 23.6. The first-order valence-corrected chi connectivity index (χ1v) is 8.92. The molecule has 4 aromatic rings. The number of carbonyl (C=O) groups is 1. The van der Waals surface area contributed by atoms with Crippen LogP contribution in [0, 0.1) is 6.92 Å². The zero-order valence-electron chi connectivity index (χ0n) is 15.3. The zero-order valence-corrected chi connectivity index (χ0v) is 15.3. The molecule has 0 aliphatic carbocycles. The van der Waals surface area contributed by atoms with Crippen molar-refractivity contribution in [2.24, 2.45) is 0 Å². The topological polar surface area (TPSA) is 61.3 Å². The number of fused-ring (bicyclic) bond motifs is 1. The Morgan fingerprint density at radius 3 is 2.25 bits per heavy atom. The normalized spacial score (nSPS) is 10.6. The minimum Gasteiger partial charge on any atom is -0.486 e. The van der Waals surface area contributed by atoms with Crippen molar-refractivity contribution in [3.8, 4) is 11.5 Å². The molecule has 0 aliphatic heterocycles. The Kier molecular flexibility index (Phi) is 4.97. The summed E-state index contributed by atoms with van der Waals surface area (Å²) in [4.78, 5) is 21.8. The van der Waals surface area contributed by atoms with Crippen molar-refractivity contribution in [1.29, 1.82) is 0 Å². The van der Waals surface area contributed by atoms with Gasteiger partial charge in [0.15, 0.2) is 0 Å². The van der Waals surface area contributed by atoms with Crippen LogP contribution in [0.5, 0.6) is 11.5 Å². The van der Waals surface area contributed by atoms with Crippen molar-refractivity contribution in [2.75, 3.05) is 0 Å². The van der Waals surface area contributed by atoms with Gasteiger partial charge in [0.1, 0.15) is 23.7 Å². The first-order chi connectivity index (χ1) is 13.7. The lowest BCUT2D eigenvalue weighted by Gasteiger charge is -2.12. The van der Waals surface area contributed by atoms with E-state index >= 15 is 0 Å². The van der Waals surface area contributed by atoms with Crippen LogP contribution in [0.3, 0.4) is 0 Å². The molecule has 5 heteroatoms. The van der Waals surface area contributed by atoms with Crippen LogP contribution < -0.4 is 9.47 Å². The Morgan fingerprint density at radius 1 is 0.821 bits per heavy atom. The highest BCUT2D eigenvalue weighted by molar-refractivity contribution is 5.94. The summed E-state index contributed by atoms with van der Waals surface area (Å²) in [6.07, 6.45) is 0. The molecule has 0 saturated carbocycles. The molecule has 0 radical (unpaired) electrons. The quantitative estimate of drug-likeness (QED) is 0.375. The second-order valence-electron chi connectivity index (χ2n) is 6.23. The van der Waals surface area contributed by atoms with Crippen LogP contribution in [0.2, 0.25) is 0 Å². The molecule has 1 aromatic heterocycles. The van der Waals surface area contributed by atoms with E-state index in [1.165, 1.54) is 0 Å². The van der Waals surface area contributed by atoms with Crippen molar-refractivity contribution in [1.82, 2.24) is 9.97 Å². The molecule has 5 nitrogen and oxygen atoms in total. The van der Waals surface area contributed by atoms with Gasteiger partial charge in [0.25, 0.3) is 0 Å². The van der Waals surface area contributed by atoms with Gasteiger partial charge in [-0.1, -0.05) is 42.5 Å². The van der Waals surface area contributed by atoms with E-state index in [9.17, 15) is 4.79 Å². The van der Waals surface area contributed by atoms with Crippen molar-refractivity contribution in [3.05, 3.63) is 95.8 Å². The molecule has 138 valence electrons. The highest BCUT2D eigenvalue weighted by Gasteiger charge is 2.15. The van der Waals surface area contributed by atoms with Gasteiger partial charge >= 0.3 is 5.97 Å². The van der Waals surface area contributed by atoms with Crippen LogP contribution in [0.25, 0.3) is 11.0 Å². The van der Waals surface area contributed by atoms with Crippen LogP contribution in [-0.2, 0) is 6.61 Å². The number of hydrogen-bond acceptors (Lipinski definition) is 5. The second kappa shape index (κ2) is 7.88. The standard InChI is InChI=1S/C23H18N2O3/c1-16-21(25-20-13-7-6-12-19(20)24-16)15-27-22-14-8-5-11-18(22)23(26)28-17-9-3-2-4-10-17/h2-14H,15H2,1H3. The Hall–Kier alpha value is -3.73. The lowest BCUT2D eigenvalue weighted by atomic mass is 10.2. The third-order valence-corrected chi connectivity index (χ3v) is 4.27. The molecule has 0 amide bonds. The van der Waals surface area contributed by atoms with E-state index in [1.54, 1.807) is 30.3 Å². The van der Waals surface area contributed by atoms with Gasteiger partial charge in [0.05, 0.1) is 22.4 Å². The molecule has 0 fully saturated rings. The molecule has 0 spiro atoms. The van der Waals surface area contributed by atoms with Gasteiger partial charge in [-0.05, 0) is 43.3 Å². The van der Waals surface area contributed by atoms with Gasteiger partial charge in [-0.25, -0.2) is 14.8 Å². The Balaban J connectivity index is 1.54.